The summed E-state index contributed by atoms with van der Waals surface area (Å²) >= 11 is 0. The number of ether oxygens (including phenoxy) is 1. The average molecular weight is 291 g/mol. The molecule has 4 nitrogen and oxygen atoms in total. The van der Waals surface area contributed by atoms with Crippen molar-refractivity contribution in [3.05, 3.63) is 24.3 Å². The fraction of sp³-hybridized carbons (Fsp3) is 0.588. The molecule has 1 fully saturated rings. The van der Waals surface area contributed by atoms with Crippen molar-refractivity contribution in [2.24, 2.45) is 11.8 Å². The predicted octanol–water partition coefficient (Wildman–Crippen LogP) is 1.58. The number of hydrogen-bond acceptors (Lipinski definition) is 2. The second kappa shape index (κ2) is 7.46. The van der Waals surface area contributed by atoms with Crippen LogP contribution in [0.4, 0.5) is 5.69 Å². The van der Waals surface area contributed by atoms with E-state index in [9.17, 15) is 4.79 Å². The highest BCUT2D eigenvalue weighted by Gasteiger charge is 2.25. The normalized spacial score (nSPS) is 25.4. The van der Waals surface area contributed by atoms with E-state index in [4.69, 9.17) is 4.74 Å². The number of amides is 1. The quantitative estimate of drug-likeness (QED) is 0.865. The fourth-order valence-corrected chi connectivity index (χ4v) is 3.34. The smallest absolute Gasteiger partial charge is 0.230 e. The number of quaternary nitrogens is 1. The van der Waals surface area contributed by atoms with E-state index in [0.717, 1.165) is 29.8 Å². The minimum Gasteiger partial charge on any atom is -0.497 e. The number of rotatable bonds is 5. The van der Waals surface area contributed by atoms with Gasteiger partial charge in [-0.2, -0.15) is 0 Å². The van der Waals surface area contributed by atoms with E-state index in [1.54, 1.807) is 12.0 Å². The Bertz CT molecular complexity index is 466. The lowest BCUT2D eigenvalue weighted by Crippen LogP contribution is -3.14. The van der Waals surface area contributed by atoms with Gasteiger partial charge in [-0.25, -0.2) is 0 Å². The monoisotopic (exact) mass is 291 g/mol. The van der Waals surface area contributed by atoms with Crippen LogP contribution in [0.3, 0.4) is 0 Å². The highest BCUT2D eigenvalue weighted by Crippen LogP contribution is 2.16. The zero-order chi connectivity index (χ0) is 15.2. The first-order chi connectivity index (χ1) is 10.1. The minimum absolute atomic E-state index is 0.0848. The molecule has 116 valence electrons. The largest absolute Gasteiger partial charge is 0.497 e. The van der Waals surface area contributed by atoms with Crippen molar-refractivity contribution in [1.82, 2.24) is 0 Å². The number of benzene rings is 1. The molecule has 2 rings (SSSR count). The van der Waals surface area contributed by atoms with Crippen molar-refractivity contribution < 1.29 is 14.4 Å². The van der Waals surface area contributed by atoms with Crippen molar-refractivity contribution in [2.75, 3.05) is 32.1 Å². The molecule has 1 amide bonds. The summed E-state index contributed by atoms with van der Waals surface area (Å²) in [4.78, 5) is 13.6. The maximum Gasteiger partial charge on any atom is 0.230 e. The van der Waals surface area contributed by atoms with Crippen LogP contribution < -0.4 is 15.0 Å². The van der Waals surface area contributed by atoms with E-state index in [1.807, 2.05) is 24.3 Å². The minimum atomic E-state index is 0.0848. The van der Waals surface area contributed by atoms with Gasteiger partial charge in [-0.1, -0.05) is 19.9 Å². The molecule has 1 aromatic rings. The molecular formula is C17H27N2O2+. The summed E-state index contributed by atoms with van der Waals surface area (Å²) in [5.41, 5.74) is 0.801. The first-order valence-electron chi connectivity index (χ1n) is 7.84. The van der Waals surface area contributed by atoms with Crippen LogP contribution in [0.15, 0.2) is 24.3 Å². The number of carbonyl (C=O) groups excluding carboxylic acids is 1. The Kier molecular flexibility index (Phi) is 5.62. The second-order valence-electron chi connectivity index (χ2n) is 6.38. The van der Waals surface area contributed by atoms with Crippen LogP contribution in [0.5, 0.6) is 5.75 Å². The summed E-state index contributed by atoms with van der Waals surface area (Å²) in [7, 11) is 1.63. The Morgan fingerprint density at radius 3 is 2.71 bits per heavy atom. The second-order valence-corrected chi connectivity index (χ2v) is 6.38. The van der Waals surface area contributed by atoms with Crippen LogP contribution >= 0.6 is 0 Å². The Balaban J connectivity index is 1.79. The molecule has 0 spiro atoms. The predicted molar refractivity (Wildman–Crippen MR) is 84.7 cm³/mol. The van der Waals surface area contributed by atoms with Crippen molar-refractivity contribution in [1.29, 1.82) is 0 Å². The molecule has 0 radical (unpaired) electrons. The molecule has 1 aromatic carbocycles. The molecule has 0 aliphatic carbocycles. The SMILES string of the molecule is COc1cccc(NC(=O)CC[NH+]2C[C@H](C)C[C@H](C)C2)c1. The van der Waals surface area contributed by atoms with Crippen molar-refractivity contribution in [3.63, 3.8) is 0 Å². The third-order valence-corrected chi connectivity index (χ3v) is 4.14. The standard InChI is InChI=1S/C17H26N2O2/c1-13-9-14(2)12-19(11-13)8-7-17(20)18-15-5-4-6-16(10-15)21-3/h4-6,10,13-14H,7-9,11-12H2,1-3H3,(H,18,20)/p+1/t13-,14+. The van der Waals surface area contributed by atoms with E-state index in [1.165, 1.54) is 19.5 Å². The summed E-state index contributed by atoms with van der Waals surface area (Å²) in [5.74, 6) is 2.38. The van der Waals surface area contributed by atoms with Gasteiger partial charge in [0.05, 0.1) is 33.2 Å². The lowest BCUT2D eigenvalue weighted by Gasteiger charge is -2.31. The van der Waals surface area contributed by atoms with Crippen molar-refractivity contribution >= 4 is 11.6 Å². The van der Waals surface area contributed by atoms with Gasteiger partial charge in [-0.3, -0.25) is 4.79 Å². The molecule has 0 bridgehead atoms. The molecular weight excluding hydrogens is 264 g/mol. The van der Waals surface area contributed by atoms with E-state index in [2.05, 4.69) is 19.2 Å². The van der Waals surface area contributed by atoms with Crippen LogP contribution in [0.2, 0.25) is 0 Å². The van der Waals surface area contributed by atoms with Gasteiger partial charge < -0.3 is 15.0 Å². The van der Waals surface area contributed by atoms with Crippen LogP contribution in [0, 0.1) is 11.8 Å². The number of likely N-dealkylation sites (tertiary alicyclic amines) is 1. The zero-order valence-corrected chi connectivity index (χ0v) is 13.3. The van der Waals surface area contributed by atoms with E-state index >= 15 is 0 Å². The Hall–Kier alpha value is -1.55. The highest BCUT2D eigenvalue weighted by atomic mass is 16.5. The lowest BCUT2D eigenvalue weighted by atomic mass is 9.92. The molecule has 0 aromatic heterocycles. The Labute approximate surface area is 127 Å². The summed E-state index contributed by atoms with van der Waals surface area (Å²) in [6, 6.07) is 7.48. The van der Waals surface area contributed by atoms with Crippen LogP contribution in [-0.4, -0.2) is 32.7 Å². The molecule has 2 N–H and O–H groups in total. The number of nitrogens with one attached hydrogen (secondary N) is 2. The van der Waals surface area contributed by atoms with Crippen LogP contribution in [0.1, 0.15) is 26.7 Å². The summed E-state index contributed by atoms with van der Waals surface area (Å²) in [6.45, 7) is 7.93. The van der Waals surface area contributed by atoms with E-state index in [-0.39, 0.29) is 5.91 Å². The number of hydrogen-bond donors (Lipinski definition) is 2. The molecule has 4 heteroatoms. The van der Waals surface area contributed by atoms with E-state index < -0.39 is 0 Å². The third-order valence-electron chi connectivity index (χ3n) is 4.14. The third kappa shape index (κ3) is 5.05. The number of carbonyl (C=O) groups is 1. The van der Waals surface area contributed by atoms with Gasteiger partial charge in [-0.15, -0.1) is 0 Å². The fourth-order valence-electron chi connectivity index (χ4n) is 3.34. The molecule has 1 aliphatic heterocycles. The molecule has 1 heterocycles. The maximum atomic E-state index is 12.1. The number of anilines is 1. The molecule has 1 unspecified atom stereocenters. The Morgan fingerprint density at radius 2 is 2.05 bits per heavy atom. The van der Waals surface area contributed by atoms with Gasteiger partial charge in [0.1, 0.15) is 5.75 Å². The van der Waals surface area contributed by atoms with Gasteiger partial charge in [0.2, 0.25) is 5.91 Å². The van der Waals surface area contributed by atoms with Gasteiger partial charge in [0.15, 0.2) is 0 Å². The van der Waals surface area contributed by atoms with E-state index in [0.29, 0.717) is 6.42 Å². The van der Waals surface area contributed by atoms with Crippen molar-refractivity contribution in [3.8, 4) is 5.75 Å². The molecule has 1 aliphatic rings. The first kappa shape index (κ1) is 15.8. The topological polar surface area (TPSA) is 42.8 Å². The zero-order valence-electron chi connectivity index (χ0n) is 13.3. The van der Waals surface area contributed by atoms with Gasteiger partial charge in [0, 0.05) is 23.6 Å². The lowest BCUT2D eigenvalue weighted by molar-refractivity contribution is -0.911. The van der Waals surface area contributed by atoms with Crippen molar-refractivity contribution in [2.45, 2.75) is 26.7 Å². The summed E-state index contributed by atoms with van der Waals surface area (Å²) in [6.07, 6.45) is 1.89. The van der Waals surface area contributed by atoms with Gasteiger partial charge in [-0.05, 0) is 18.6 Å². The maximum absolute atomic E-state index is 12.1. The molecule has 21 heavy (non-hydrogen) atoms. The summed E-state index contributed by atoms with van der Waals surface area (Å²) < 4.78 is 5.16. The van der Waals surface area contributed by atoms with Crippen LogP contribution in [0.25, 0.3) is 0 Å². The Morgan fingerprint density at radius 1 is 1.33 bits per heavy atom. The first-order valence-corrected chi connectivity index (χ1v) is 7.84. The van der Waals surface area contributed by atoms with Crippen LogP contribution in [-0.2, 0) is 4.79 Å². The molecule has 1 saturated heterocycles. The van der Waals surface area contributed by atoms with Gasteiger partial charge in [0.25, 0.3) is 0 Å². The molecule has 3 atom stereocenters. The van der Waals surface area contributed by atoms with Gasteiger partial charge >= 0.3 is 0 Å². The number of methoxy groups -OCH3 is 1. The number of piperidine rings is 1. The summed E-state index contributed by atoms with van der Waals surface area (Å²) in [5, 5.41) is 2.95. The highest BCUT2D eigenvalue weighted by molar-refractivity contribution is 5.90. The molecule has 0 saturated carbocycles. The average Bonchev–Trinajstić information content (AvgIpc) is 2.44.